The van der Waals surface area contributed by atoms with E-state index >= 15 is 0 Å². The summed E-state index contributed by atoms with van der Waals surface area (Å²) >= 11 is 3.57. The lowest BCUT2D eigenvalue weighted by atomic mass is 9.94. The first kappa shape index (κ1) is 40.9. The molecule has 0 aliphatic carbocycles. The van der Waals surface area contributed by atoms with Gasteiger partial charge < -0.3 is 20.5 Å². The minimum absolute atomic E-state index is 0.805. The van der Waals surface area contributed by atoms with Crippen LogP contribution in [0, 0.1) is 0 Å². The molecule has 10 aromatic carbocycles. The number of hydrogen-bond donors (Lipinski definition) is 2. The Morgan fingerprint density at radius 1 is 0.292 bits per heavy atom. The first-order valence-corrected chi connectivity index (χ1v) is 22.3. The number of rotatable bonds is 4. The molecule has 0 unspecified atom stereocenters. The SMILES string of the molecule is Brc1ccc2c(c1)-c1ccccc1Oc1ccccc1-2.Nc1ccc(-c2ccccc2)cc1.c1ccc(-c2ccc(Nc3ccc4c(c3)-c3ccccc3Oc3ccccc3-4)cc2)cc1. The lowest BCUT2D eigenvalue weighted by molar-refractivity contribution is 0.487. The van der Waals surface area contributed by atoms with Gasteiger partial charge in [0.25, 0.3) is 0 Å². The number of anilines is 3. The zero-order valence-corrected chi connectivity index (χ0v) is 37.0. The number of hydrogen-bond acceptors (Lipinski definition) is 4. The third-order valence-electron chi connectivity index (χ3n) is 11.4. The van der Waals surface area contributed by atoms with E-state index < -0.39 is 0 Å². The second-order valence-electron chi connectivity index (χ2n) is 15.7. The highest BCUT2D eigenvalue weighted by atomic mass is 79.9. The van der Waals surface area contributed by atoms with Crippen molar-refractivity contribution in [2.45, 2.75) is 0 Å². The van der Waals surface area contributed by atoms with E-state index in [1.807, 2.05) is 109 Å². The molecule has 0 amide bonds. The van der Waals surface area contributed by atoms with E-state index in [1.54, 1.807) is 0 Å². The number of benzene rings is 10. The Kier molecular flexibility index (Phi) is 11.8. The van der Waals surface area contributed by atoms with Gasteiger partial charge in [0, 0.05) is 43.8 Å². The van der Waals surface area contributed by atoms with Crippen molar-refractivity contribution in [3.8, 4) is 89.8 Å². The van der Waals surface area contributed by atoms with Crippen molar-refractivity contribution in [1.82, 2.24) is 0 Å². The van der Waals surface area contributed by atoms with Gasteiger partial charge in [0.15, 0.2) is 0 Å². The first-order valence-electron chi connectivity index (χ1n) is 21.5. The topological polar surface area (TPSA) is 56.5 Å². The molecule has 65 heavy (non-hydrogen) atoms. The van der Waals surface area contributed by atoms with Crippen LogP contribution in [-0.2, 0) is 0 Å². The summed E-state index contributed by atoms with van der Waals surface area (Å²) in [5.41, 5.74) is 22.6. The van der Waals surface area contributed by atoms with Crippen LogP contribution in [0.5, 0.6) is 23.0 Å². The average Bonchev–Trinajstić information content (AvgIpc) is 3.59. The lowest BCUT2D eigenvalue weighted by Gasteiger charge is -2.13. The average molecular weight is 904 g/mol. The summed E-state index contributed by atoms with van der Waals surface area (Å²) in [6.07, 6.45) is 0. The maximum Gasteiger partial charge on any atom is 0.135 e. The van der Waals surface area contributed by atoms with Crippen molar-refractivity contribution >= 4 is 33.0 Å². The van der Waals surface area contributed by atoms with Gasteiger partial charge in [-0.3, -0.25) is 0 Å². The van der Waals surface area contributed by atoms with E-state index in [0.29, 0.717) is 0 Å². The lowest BCUT2D eigenvalue weighted by Crippen LogP contribution is -1.92. The van der Waals surface area contributed by atoms with E-state index in [-0.39, 0.29) is 0 Å². The molecule has 2 heterocycles. The van der Waals surface area contributed by atoms with Gasteiger partial charge in [-0.25, -0.2) is 0 Å². The maximum atomic E-state index is 6.28. The molecule has 2 aliphatic heterocycles. The van der Waals surface area contributed by atoms with E-state index in [2.05, 4.69) is 155 Å². The molecule has 5 heteroatoms. The molecule has 4 nitrogen and oxygen atoms in total. The molecule has 0 bridgehead atoms. The molecule has 0 saturated carbocycles. The van der Waals surface area contributed by atoms with Crippen molar-refractivity contribution < 1.29 is 9.47 Å². The molecule has 0 saturated heterocycles. The third kappa shape index (κ3) is 9.05. The van der Waals surface area contributed by atoms with Crippen LogP contribution in [0.25, 0.3) is 66.8 Å². The molecule has 0 fully saturated rings. The zero-order chi connectivity index (χ0) is 44.0. The number of halogens is 1. The number of para-hydroxylation sites is 4. The fraction of sp³-hybridized carbons (Fsp3) is 0. The van der Waals surface area contributed by atoms with Crippen LogP contribution < -0.4 is 20.5 Å². The van der Waals surface area contributed by atoms with Crippen molar-refractivity contribution in [3.05, 3.63) is 247 Å². The highest BCUT2D eigenvalue weighted by molar-refractivity contribution is 9.10. The Bertz CT molecular complexity index is 3240. The van der Waals surface area contributed by atoms with Crippen LogP contribution >= 0.6 is 15.9 Å². The minimum atomic E-state index is 0.805. The number of nitrogens with one attached hydrogen (secondary N) is 1. The Balaban J connectivity index is 0.000000128. The van der Waals surface area contributed by atoms with E-state index in [4.69, 9.17) is 15.2 Å². The predicted molar refractivity (Wildman–Crippen MR) is 274 cm³/mol. The molecule has 10 aromatic rings. The number of nitrogen functional groups attached to an aromatic ring is 1. The van der Waals surface area contributed by atoms with Gasteiger partial charge in [0.2, 0.25) is 0 Å². The quantitative estimate of drug-likeness (QED) is 0.173. The molecule has 12 rings (SSSR count). The van der Waals surface area contributed by atoms with Gasteiger partial charge in [-0.15, -0.1) is 0 Å². The summed E-state index contributed by atoms with van der Waals surface area (Å²) in [6.45, 7) is 0. The standard InChI is InChI=1S/C30H21NO.C18H11BrO.C12H11N/c1-2-8-21(9-3-1)22-14-16-23(17-15-22)31-24-18-19-25-26-10-4-6-12-29(26)32-30-13-7-5-11-27(30)28(25)20-24;19-12-9-10-13-14-5-1-3-7-17(14)20-18-8-4-2-6-15(18)16(13)11-12;13-12-8-6-11(7-9-12)10-4-2-1-3-5-10/h1-20,31H;1-11H;1-9H,13H2. The number of fused-ring (bicyclic) bond motifs is 10. The molecule has 0 aromatic heterocycles. The summed E-state index contributed by atoms with van der Waals surface area (Å²) in [5, 5.41) is 3.57. The zero-order valence-electron chi connectivity index (χ0n) is 35.4. The van der Waals surface area contributed by atoms with Crippen LogP contribution in [-0.4, -0.2) is 0 Å². The third-order valence-corrected chi connectivity index (χ3v) is 11.9. The molecule has 3 N–H and O–H groups in total. The van der Waals surface area contributed by atoms with Crippen LogP contribution in [0.4, 0.5) is 17.1 Å². The molecule has 312 valence electrons. The number of nitrogens with two attached hydrogens (primary N) is 1. The predicted octanol–water partition coefficient (Wildman–Crippen LogP) is 17.4. The summed E-state index contributed by atoms with van der Waals surface area (Å²) in [6, 6.07) is 82.8. The molecular formula is C60H43BrN2O2. The van der Waals surface area contributed by atoms with Gasteiger partial charge in [-0.2, -0.15) is 0 Å². The van der Waals surface area contributed by atoms with Crippen LogP contribution in [0.1, 0.15) is 0 Å². The van der Waals surface area contributed by atoms with E-state index in [9.17, 15) is 0 Å². The molecule has 0 spiro atoms. The molecule has 2 aliphatic rings. The fourth-order valence-corrected chi connectivity index (χ4v) is 8.61. The highest BCUT2D eigenvalue weighted by Gasteiger charge is 2.22. The normalized spacial score (nSPS) is 11.2. The van der Waals surface area contributed by atoms with E-state index in [0.717, 1.165) is 72.4 Å². The molecule has 0 atom stereocenters. The van der Waals surface area contributed by atoms with Crippen molar-refractivity contribution in [2.24, 2.45) is 0 Å². The van der Waals surface area contributed by atoms with Crippen LogP contribution in [0.15, 0.2) is 247 Å². The summed E-state index contributed by atoms with van der Waals surface area (Å²) < 4.78 is 13.5. The summed E-state index contributed by atoms with van der Waals surface area (Å²) in [7, 11) is 0. The van der Waals surface area contributed by atoms with Gasteiger partial charge >= 0.3 is 0 Å². The Morgan fingerprint density at radius 3 is 1.12 bits per heavy atom. The fourth-order valence-electron chi connectivity index (χ4n) is 8.25. The van der Waals surface area contributed by atoms with Gasteiger partial charge in [0.1, 0.15) is 23.0 Å². The number of ether oxygens (including phenoxy) is 2. The second kappa shape index (κ2) is 18.7. The molecule has 0 radical (unpaired) electrons. The van der Waals surface area contributed by atoms with Crippen molar-refractivity contribution in [2.75, 3.05) is 11.1 Å². The molecular weight excluding hydrogens is 861 g/mol. The Morgan fingerprint density at radius 2 is 0.646 bits per heavy atom. The van der Waals surface area contributed by atoms with Gasteiger partial charge in [0.05, 0.1) is 0 Å². The van der Waals surface area contributed by atoms with E-state index in [1.165, 1.54) is 38.9 Å². The van der Waals surface area contributed by atoms with Gasteiger partial charge in [-0.05, 0) is 117 Å². The van der Waals surface area contributed by atoms with Gasteiger partial charge in [-0.1, -0.05) is 186 Å². The Hall–Kier alpha value is -8.12. The van der Waals surface area contributed by atoms with Crippen LogP contribution in [0.3, 0.4) is 0 Å². The summed E-state index contributed by atoms with van der Waals surface area (Å²) in [4.78, 5) is 0. The minimum Gasteiger partial charge on any atom is -0.456 e. The summed E-state index contributed by atoms with van der Waals surface area (Å²) in [5.74, 6) is 3.57. The largest absolute Gasteiger partial charge is 0.456 e. The first-order chi connectivity index (χ1) is 32.0. The van der Waals surface area contributed by atoms with Crippen molar-refractivity contribution in [1.29, 1.82) is 0 Å². The smallest absolute Gasteiger partial charge is 0.135 e. The maximum absolute atomic E-state index is 6.28. The second-order valence-corrected chi connectivity index (χ2v) is 16.6. The Labute approximate surface area is 388 Å². The highest BCUT2D eigenvalue weighted by Crippen LogP contribution is 2.48. The van der Waals surface area contributed by atoms with Crippen molar-refractivity contribution in [3.63, 3.8) is 0 Å². The monoisotopic (exact) mass is 902 g/mol. The van der Waals surface area contributed by atoms with Crippen LogP contribution in [0.2, 0.25) is 0 Å².